The Morgan fingerprint density at radius 2 is 1.54 bits per heavy atom. The molecule has 46 heavy (non-hydrogen) atoms. The van der Waals surface area contributed by atoms with E-state index in [-0.39, 0.29) is 34.1 Å². The lowest BCUT2D eigenvalue weighted by Crippen LogP contribution is -2.35. The maximum atomic E-state index is 13.7. The summed E-state index contributed by atoms with van der Waals surface area (Å²) in [6, 6.07) is 0. The molecule has 2 bridgehead atoms. The van der Waals surface area contributed by atoms with Gasteiger partial charge in [0.2, 0.25) is 5.95 Å². The van der Waals surface area contributed by atoms with Crippen molar-refractivity contribution in [2.45, 2.75) is 43.0 Å². The largest absolute Gasteiger partial charge is 0.396 e. The van der Waals surface area contributed by atoms with E-state index in [1.165, 1.54) is 28.1 Å². The number of nitrogens with two attached hydrogens (primary N) is 2. The van der Waals surface area contributed by atoms with E-state index in [0.717, 1.165) is 0 Å². The molecule has 0 saturated carbocycles. The highest BCUT2D eigenvalue weighted by atomic mass is 32.7. The molecular formula is C21H26N10O11P2S2. The topological polar surface area (TPSA) is 289 Å². The van der Waals surface area contributed by atoms with Crippen molar-refractivity contribution in [2.24, 2.45) is 5.92 Å². The van der Waals surface area contributed by atoms with Crippen molar-refractivity contribution in [1.29, 1.82) is 0 Å². The lowest BCUT2D eigenvalue weighted by Gasteiger charge is -2.27. The third-order valence-electron chi connectivity index (χ3n) is 7.71. The number of nitrogen functional groups attached to an aromatic ring is 2. The molecule has 7 N–H and O–H groups in total. The van der Waals surface area contributed by atoms with Gasteiger partial charge in [-0.1, -0.05) is 24.5 Å². The van der Waals surface area contributed by atoms with E-state index < -0.39 is 87.9 Å². The van der Waals surface area contributed by atoms with Crippen molar-refractivity contribution in [2.75, 3.05) is 31.3 Å². The highest BCUT2D eigenvalue weighted by Gasteiger charge is 2.53. The third-order valence-corrected chi connectivity index (χ3v) is 10.9. The molecule has 10 atom stereocenters. The summed E-state index contributed by atoms with van der Waals surface area (Å²) in [7, 11) is 0. The van der Waals surface area contributed by atoms with Crippen LogP contribution < -0.4 is 17.0 Å². The summed E-state index contributed by atoms with van der Waals surface area (Å²) in [4.78, 5) is 35.1. The van der Waals surface area contributed by atoms with Gasteiger partial charge in [0.1, 0.15) is 36.3 Å². The normalized spacial score (nSPS) is 37.1. The molecule has 7 rings (SSSR count). The number of thiol groups is 2. The smallest absolute Gasteiger partial charge is 0.386 e. The van der Waals surface area contributed by atoms with Crippen LogP contribution in [0.15, 0.2) is 23.8 Å². The number of aromatic nitrogens is 8. The molecular weight excluding hydrogens is 694 g/mol. The Balaban J connectivity index is 1.22. The predicted molar refractivity (Wildman–Crippen MR) is 162 cm³/mol. The number of nitrogens with zero attached hydrogens (tertiary/aromatic N) is 7. The number of imidazole rings is 2. The van der Waals surface area contributed by atoms with Crippen molar-refractivity contribution in [3.8, 4) is 0 Å². The van der Waals surface area contributed by atoms with Gasteiger partial charge in [-0.3, -0.25) is 37.0 Å². The molecule has 4 aromatic heterocycles. The zero-order chi connectivity index (χ0) is 32.5. The zero-order valence-electron chi connectivity index (χ0n) is 23.1. The van der Waals surface area contributed by atoms with Gasteiger partial charge in [0.05, 0.1) is 38.6 Å². The minimum Gasteiger partial charge on any atom is -0.396 e. The van der Waals surface area contributed by atoms with Gasteiger partial charge in [-0.05, 0) is 0 Å². The Bertz CT molecular complexity index is 1960. The molecule has 3 saturated heterocycles. The number of hydrogen-bond acceptors (Lipinski definition) is 18. The van der Waals surface area contributed by atoms with Gasteiger partial charge in [0.15, 0.2) is 35.1 Å². The van der Waals surface area contributed by atoms with Gasteiger partial charge in [-0.15, -0.1) is 0 Å². The van der Waals surface area contributed by atoms with Crippen LogP contribution in [0.3, 0.4) is 0 Å². The molecule has 3 aliphatic heterocycles. The third kappa shape index (κ3) is 5.63. The molecule has 21 nitrogen and oxygen atoms in total. The zero-order valence-corrected chi connectivity index (χ0v) is 26.7. The summed E-state index contributed by atoms with van der Waals surface area (Å²) < 4.78 is 64.7. The van der Waals surface area contributed by atoms with Crippen LogP contribution in [0.4, 0.5) is 11.8 Å². The van der Waals surface area contributed by atoms with Crippen LogP contribution in [0.5, 0.6) is 0 Å². The van der Waals surface area contributed by atoms with Crippen molar-refractivity contribution in [1.82, 2.24) is 39.0 Å². The monoisotopic (exact) mass is 720 g/mol. The summed E-state index contributed by atoms with van der Waals surface area (Å²) in [6.07, 6.45) is -5.25. The van der Waals surface area contributed by atoms with Gasteiger partial charge in [0, 0.05) is 5.92 Å². The fourth-order valence-electron chi connectivity index (χ4n) is 5.62. The van der Waals surface area contributed by atoms with Crippen molar-refractivity contribution < 1.29 is 46.9 Å². The van der Waals surface area contributed by atoms with Gasteiger partial charge < -0.3 is 31.2 Å². The van der Waals surface area contributed by atoms with Gasteiger partial charge in [-0.25, -0.2) is 29.1 Å². The first-order valence-electron chi connectivity index (χ1n) is 13.4. The predicted octanol–water partition coefficient (Wildman–Crippen LogP) is -0.219. The molecule has 0 spiro atoms. The molecule has 0 amide bonds. The molecule has 8 unspecified atom stereocenters. The van der Waals surface area contributed by atoms with Crippen LogP contribution in [0.2, 0.25) is 0 Å². The average Bonchev–Trinajstić information content (AvgIpc) is 3.75. The molecule has 7 heterocycles. The average molecular weight is 721 g/mol. The molecule has 0 aliphatic carbocycles. The van der Waals surface area contributed by atoms with Crippen molar-refractivity contribution in [3.05, 3.63) is 29.3 Å². The van der Waals surface area contributed by atoms with Crippen molar-refractivity contribution >= 4 is 72.2 Å². The second-order valence-corrected chi connectivity index (χ2v) is 16.2. The number of fused-ring (bicyclic) bond motifs is 5. The maximum absolute atomic E-state index is 13.7. The van der Waals surface area contributed by atoms with Crippen LogP contribution in [0, 0.1) is 5.92 Å². The van der Waals surface area contributed by atoms with Crippen LogP contribution in [-0.2, 0) is 36.7 Å². The number of H-pyrrole nitrogens is 1. The second-order valence-electron chi connectivity index (χ2n) is 10.5. The standard InChI is InChI=1S/C21H26N10O11P2S2/c22-15-10-16(25-4-24-15)30(5-26-10)19-12(33)14-9(40-19)3-38-43(35,45)41-13-7(1-32)8(2-37-44(36,46)42-14)39-20(13)31-6-27-11-17(31)28-21(23)29-18(11)34/h4-9,12-14,19-20,32-33H,1-3H2,(H,35,45)(H,36,46)(H2,22,24,25)(H3,23,28,29,34)/t7?,8?,9?,12?,13?,14?,19?,20?,43-,44-/m0/s1. The lowest BCUT2D eigenvalue weighted by atomic mass is 9.99. The van der Waals surface area contributed by atoms with Crippen molar-refractivity contribution in [3.63, 3.8) is 0 Å². The van der Waals surface area contributed by atoms with E-state index in [9.17, 15) is 24.1 Å². The second kappa shape index (κ2) is 11.8. The van der Waals surface area contributed by atoms with E-state index in [2.05, 4.69) is 54.4 Å². The molecule has 25 heteroatoms. The Kier molecular flexibility index (Phi) is 8.18. The van der Waals surface area contributed by atoms with Crippen LogP contribution in [0.25, 0.3) is 22.3 Å². The Morgan fingerprint density at radius 1 is 0.913 bits per heavy atom. The van der Waals surface area contributed by atoms with Crippen LogP contribution in [0.1, 0.15) is 12.5 Å². The number of nitrogens with one attached hydrogen (secondary N) is 1. The fraction of sp³-hybridized carbons (Fsp3) is 0.524. The first-order valence-corrected chi connectivity index (χ1v) is 18.8. The SMILES string of the molecule is Nc1nc2c(ncn2C2OC3CO[P@](=O)(S)OC4C(CO[P@](=O)(S)OC2C3CO)OC(n2cnc3c(N)ncnc32)C4O)c(=O)[nH]1. The fourth-order valence-corrected chi connectivity index (χ4v) is 8.60. The Hall–Kier alpha value is -2.66. The minimum atomic E-state index is -4.34. The van der Waals surface area contributed by atoms with E-state index in [4.69, 9.17) is 39.0 Å². The van der Waals surface area contributed by atoms with Crippen LogP contribution in [-0.4, -0.2) is 99.6 Å². The number of aliphatic hydroxyl groups is 2. The Morgan fingerprint density at radius 3 is 2.26 bits per heavy atom. The highest BCUT2D eigenvalue weighted by Crippen LogP contribution is 2.60. The summed E-state index contributed by atoms with van der Waals surface area (Å²) >= 11 is 8.24. The molecule has 4 aromatic rings. The number of ether oxygens (including phenoxy) is 2. The number of aliphatic hydroxyl groups excluding tert-OH is 2. The van der Waals surface area contributed by atoms with E-state index >= 15 is 0 Å². The first-order chi connectivity index (χ1) is 21.9. The maximum Gasteiger partial charge on any atom is 0.386 e. The van der Waals surface area contributed by atoms with Gasteiger partial charge in [-0.2, -0.15) is 4.98 Å². The minimum absolute atomic E-state index is 0.00128. The molecule has 3 fully saturated rings. The summed E-state index contributed by atoms with van der Waals surface area (Å²) in [5.41, 5.74) is 11.4. The quantitative estimate of drug-likeness (QED) is 0.106. The van der Waals surface area contributed by atoms with Gasteiger partial charge >= 0.3 is 13.6 Å². The number of hydrogen-bond donors (Lipinski definition) is 7. The molecule has 248 valence electrons. The van der Waals surface area contributed by atoms with E-state index in [0.29, 0.717) is 0 Å². The van der Waals surface area contributed by atoms with E-state index in [1.807, 2.05) is 0 Å². The summed E-state index contributed by atoms with van der Waals surface area (Å²) in [5.74, 6) is -1.10. The number of aromatic amines is 1. The lowest BCUT2D eigenvalue weighted by molar-refractivity contribution is -0.0573. The number of rotatable bonds is 3. The molecule has 3 aliphatic rings. The van der Waals surface area contributed by atoms with Gasteiger partial charge in [0.25, 0.3) is 5.56 Å². The summed E-state index contributed by atoms with van der Waals surface area (Å²) in [5, 5.41) is 21.6. The first kappa shape index (κ1) is 31.9. The summed E-state index contributed by atoms with van der Waals surface area (Å²) in [6.45, 7) is -10.3. The molecule has 0 aromatic carbocycles. The van der Waals surface area contributed by atoms with E-state index in [1.54, 1.807) is 0 Å². The Labute approximate surface area is 267 Å². The highest BCUT2D eigenvalue weighted by molar-refractivity contribution is 8.44. The van der Waals surface area contributed by atoms with Crippen LogP contribution >= 0.6 is 38.1 Å². The molecule has 0 radical (unpaired) electrons. The number of anilines is 2.